The number of anilines is 1. The molecule has 0 aliphatic rings. The van der Waals surface area contributed by atoms with Crippen molar-refractivity contribution in [1.82, 2.24) is 9.88 Å². The highest BCUT2D eigenvalue weighted by molar-refractivity contribution is 6.33. The van der Waals surface area contributed by atoms with E-state index in [1.165, 1.54) is 11.8 Å². The summed E-state index contributed by atoms with van der Waals surface area (Å²) in [7, 11) is 1.73. The van der Waals surface area contributed by atoms with E-state index < -0.39 is 0 Å². The molecule has 1 heterocycles. The van der Waals surface area contributed by atoms with Crippen molar-refractivity contribution < 1.29 is 9.59 Å². The number of aromatic nitrogens is 1. The van der Waals surface area contributed by atoms with Gasteiger partial charge in [-0.15, -0.1) is 0 Å². The summed E-state index contributed by atoms with van der Waals surface area (Å²) in [6, 6.07) is 10.8. The second-order valence-corrected chi connectivity index (χ2v) is 5.88. The van der Waals surface area contributed by atoms with Crippen LogP contribution in [-0.4, -0.2) is 41.8 Å². The number of amides is 2. The van der Waals surface area contributed by atoms with Crippen LogP contribution in [0.25, 0.3) is 0 Å². The quantitative estimate of drug-likeness (QED) is 0.809. The molecule has 0 N–H and O–H groups in total. The molecule has 1 aromatic carbocycles. The maximum Gasteiger partial charge on any atom is 0.242 e. The molecule has 0 aliphatic carbocycles. The summed E-state index contributed by atoms with van der Waals surface area (Å²) in [5.74, 6) is -0.363. The summed E-state index contributed by atoms with van der Waals surface area (Å²) in [5.41, 5.74) is 1.65. The van der Waals surface area contributed by atoms with E-state index in [0.29, 0.717) is 17.3 Å². The van der Waals surface area contributed by atoms with Crippen molar-refractivity contribution in [3.05, 3.63) is 59.4 Å². The van der Waals surface area contributed by atoms with Crippen LogP contribution < -0.4 is 4.90 Å². The number of para-hydroxylation sites is 1. The van der Waals surface area contributed by atoms with Crippen molar-refractivity contribution in [3.63, 3.8) is 0 Å². The molecule has 1 aromatic heterocycles. The Hall–Kier alpha value is -2.40. The van der Waals surface area contributed by atoms with Gasteiger partial charge in [0.2, 0.25) is 11.8 Å². The Kier molecular flexibility index (Phi) is 6.32. The molecule has 6 heteroatoms. The Balaban J connectivity index is 2.00. The van der Waals surface area contributed by atoms with Gasteiger partial charge in [0, 0.05) is 32.9 Å². The molecule has 0 unspecified atom stereocenters. The predicted molar refractivity (Wildman–Crippen MR) is 95.1 cm³/mol. The SMILES string of the molecule is CC(=O)N(CC(=O)N(C)CCc1ccncc1)c1ccccc1Cl. The molecule has 0 aliphatic heterocycles. The Morgan fingerprint density at radius 1 is 1.12 bits per heavy atom. The van der Waals surface area contributed by atoms with E-state index in [4.69, 9.17) is 11.6 Å². The first-order valence-electron chi connectivity index (χ1n) is 7.64. The lowest BCUT2D eigenvalue weighted by atomic mass is 10.2. The third-order valence-corrected chi connectivity index (χ3v) is 4.05. The number of nitrogens with zero attached hydrogens (tertiary/aromatic N) is 3. The minimum atomic E-state index is -0.223. The first-order valence-corrected chi connectivity index (χ1v) is 8.02. The summed E-state index contributed by atoms with van der Waals surface area (Å²) < 4.78 is 0. The standard InChI is InChI=1S/C18H20ClN3O2/c1-14(23)22(17-6-4-3-5-16(17)19)13-18(24)21(2)12-9-15-7-10-20-11-8-15/h3-8,10-11H,9,12-13H2,1-2H3. The molecular weight excluding hydrogens is 326 g/mol. The van der Waals surface area contributed by atoms with E-state index in [2.05, 4.69) is 4.98 Å². The van der Waals surface area contributed by atoms with Crippen molar-refractivity contribution in [1.29, 1.82) is 0 Å². The van der Waals surface area contributed by atoms with Gasteiger partial charge in [-0.1, -0.05) is 23.7 Å². The molecule has 0 spiro atoms. The summed E-state index contributed by atoms with van der Waals surface area (Å²) in [6.07, 6.45) is 4.19. The van der Waals surface area contributed by atoms with E-state index >= 15 is 0 Å². The topological polar surface area (TPSA) is 53.5 Å². The fourth-order valence-electron chi connectivity index (χ4n) is 2.26. The van der Waals surface area contributed by atoms with Crippen LogP contribution in [0.4, 0.5) is 5.69 Å². The molecule has 0 bridgehead atoms. The van der Waals surface area contributed by atoms with Crippen LogP contribution in [0.15, 0.2) is 48.8 Å². The van der Waals surface area contributed by atoms with Crippen molar-refractivity contribution in [2.24, 2.45) is 0 Å². The lowest BCUT2D eigenvalue weighted by Gasteiger charge is -2.25. The molecule has 0 atom stereocenters. The molecule has 0 saturated heterocycles. The summed E-state index contributed by atoms with van der Waals surface area (Å²) in [6.45, 7) is 1.95. The molecule has 24 heavy (non-hydrogen) atoms. The van der Waals surface area contributed by atoms with Crippen LogP contribution in [0.5, 0.6) is 0 Å². The van der Waals surface area contributed by atoms with Gasteiger partial charge in [-0.05, 0) is 36.2 Å². The van der Waals surface area contributed by atoms with E-state index in [1.54, 1.807) is 48.6 Å². The Labute approximate surface area is 146 Å². The van der Waals surface area contributed by atoms with Crippen molar-refractivity contribution >= 4 is 29.1 Å². The van der Waals surface area contributed by atoms with E-state index in [-0.39, 0.29) is 18.4 Å². The summed E-state index contributed by atoms with van der Waals surface area (Å²) in [5, 5.41) is 0.444. The van der Waals surface area contributed by atoms with Gasteiger partial charge in [0.05, 0.1) is 10.7 Å². The number of pyridine rings is 1. The van der Waals surface area contributed by atoms with Crippen LogP contribution in [-0.2, 0) is 16.0 Å². The predicted octanol–water partition coefficient (Wildman–Crippen LogP) is 2.79. The van der Waals surface area contributed by atoms with Gasteiger partial charge < -0.3 is 9.80 Å². The van der Waals surface area contributed by atoms with Gasteiger partial charge in [0.15, 0.2) is 0 Å². The summed E-state index contributed by atoms with van der Waals surface area (Å²) in [4.78, 5) is 31.3. The molecule has 0 saturated carbocycles. The number of hydrogen-bond acceptors (Lipinski definition) is 3. The largest absolute Gasteiger partial charge is 0.344 e. The van der Waals surface area contributed by atoms with Crippen molar-refractivity contribution in [3.8, 4) is 0 Å². The fraction of sp³-hybridized carbons (Fsp3) is 0.278. The van der Waals surface area contributed by atoms with Gasteiger partial charge in [0.1, 0.15) is 6.54 Å². The number of benzene rings is 1. The van der Waals surface area contributed by atoms with Crippen molar-refractivity contribution in [2.45, 2.75) is 13.3 Å². The second-order valence-electron chi connectivity index (χ2n) is 5.48. The molecule has 5 nitrogen and oxygen atoms in total. The third kappa shape index (κ3) is 4.80. The van der Waals surface area contributed by atoms with E-state index in [0.717, 1.165) is 12.0 Å². The zero-order valence-corrected chi connectivity index (χ0v) is 14.5. The normalized spacial score (nSPS) is 10.3. The first-order chi connectivity index (χ1) is 11.5. The van der Waals surface area contributed by atoms with Crippen LogP contribution in [0.3, 0.4) is 0 Å². The monoisotopic (exact) mass is 345 g/mol. The maximum absolute atomic E-state index is 12.4. The van der Waals surface area contributed by atoms with Gasteiger partial charge in [-0.2, -0.15) is 0 Å². The average Bonchev–Trinajstić information content (AvgIpc) is 2.58. The lowest BCUT2D eigenvalue weighted by molar-refractivity contribution is -0.130. The zero-order valence-electron chi connectivity index (χ0n) is 13.8. The number of hydrogen-bond donors (Lipinski definition) is 0. The van der Waals surface area contributed by atoms with Gasteiger partial charge in [-0.25, -0.2) is 0 Å². The number of carbonyl (C=O) groups is 2. The Morgan fingerprint density at radius 3 is 2.42 bits per heavy atom. The minimum absolute atomic E-state index is 0.0358. The minimum Gasteiger partial charge on any atom is -0.344 e. The van der Waals surface area contributed by atoms with Crippen LogP contribution in [0, 0.1) is 0 Å². The molecule has 2 rings (SSSR count). The molecule has 0 fully saturated rings. The van der Waals surface area contributed by atoms with E-state index in [1.807, 2.05) is 12.1 Å². The molecule has 2 amide bonds. The van der Waals surface area contributed by atoms with Gasteiger partial charge in [-0.3, -0.25) is 14.6 Å². The second kappa shape index (κ2) is 8.45. The van der Waals surface area contributed by atoms with Crippen LogP contribution >= 0.6 is 11.6 Å². The third-order valence-electron chi connectivity index (χ3n) is 3.73. The van der Waals surface area contributed by atoms with Crippen LogP contribution in [0.2, 0.25) is 5.02 Å². The highest BCUT2D eigenvalue weighted by atomic mass is 35.5. The Morgan fingerprint density at radius 2 is 1.79 bits per heavy atom. The summed E-state index contributed by atoms with van der Waals surface area (Å²) >= 11 is 6.14. The smallest absolute Gasteiger partial charge is 0.242 e. The molecule has 2 aromatic rings. The fourth-order valence-corrected chi connectivity index (χ4v) is 2.50. The zero-order chi connectivity index (χ0) is 17.5. The average molecular weight is 346 g/mol. The maximum atomic E-state index is 12.4. The van der Waals surface area contributed by atoms with E-state index in [9.17, 15) is 9.59 Å². The number of carbonyl (C=O) groups excluding carboxylic acids is 2. The first kappa shape index (κ1) is 17.9. The van der Waals surface area contributed by atoms with Crippen molar-refractivity contribution in [2.75, 3.05) is 25.0 Å². The van der Waals surface area contributed by atoms with Gasteiger partial charge in [0.25, 0.3) is 0 Å². The molecular formula is C18H20ClN3O2. The number of rotatable bonds is 6. The Bertz CT molecular complexity index is 706. The molecule has 0 radical (unpaired) electrons. The molecule has 126 valence electrons. The highest BCUT2D eigenvalue weighted by Crippen LogP contribution is 2.25. The van der Waals surface area contributed by atoms with Gasteiger partial charge >= 0.3 is 0 Å². The highest BCUT2D eigenvalue weighted by Gasteiger charge is 2.20. The number of halogens is 1. The number of likely N-dealkylation sites (N-methyl/N-ethyl adjacent to an activating group) is 1. The lowest BCUT2D eigenvalue weighted by Crippen LogP contribution is -2.41. The van der Waals surface area contributed by atoms with Crippen LogP contribution in [0.1, 0.15) is 12.5 Å².